The lowest BCUT2D eigenvalue weighted by Crippen LogP contribution is -2.07. The maximum absolute atomic E-state index is 5.84. The van der Waals surface area contributed by atoms with Crippen molar-refractivity contribution in [3.63, 3.8) is 0 Å². The fourth-order valence-corrected chi connectivity index (χ4v) is 1.35. The van der Waals surface area contributed by atoms with Gasteiger partial charge in [-0.25, -0.2) is 4.98 Å². The van der Waals surface area contributed by atoms with Crippen LogP contribution in [0.3, 0.4) is 0 Å². The minimum Gasteiger partial charge on any atom is -0.387 e. The standard InChI is InChI=1S/C11H19N3.C2H6/c1-7(2)8(3)10-5-9(13-4)6-14-11(10)12;1-2/h5-8,13H,1-4H3,(H2,12,14);1-2H3. The van der Waals surface area contributed by atoms with Gasteiger partial charge in [-0.15, -0.1) is 0 Å². The molecule has 0 fully saturated rings. The lowest BCUT2D eigenvalue weighted by atomic mass is 9.90. The van der Waals surface area contributed by atoms with Crippen molar-refractivity contribution in [3.05, 3.63) is 17.8 Å². The Morgan fingerprint density at radius 2 is 1.81 bits per heavy atom. The number of pyridine rings is 1. The van der Waals surface area contributed by atoms with Gasteiger partial charge in [0.25, 0.3) is 0 Å². The molecule has 1 aromatic rings. The third-order valence-corrected chi connectivity index (χ3v) is 2.73. The average Bonchev–Trinajstić information content (AvgIpc) is 2.31. The second-order valence-electron chi connectivity index (χ2n) is 3.98. The van der Waals surface area contributed by atoms with Gasteiger partial charge in [0.05, 0.1) is 11.9 Å². The van der Waals surface area contributed by atoms with Crippen molar-refractivity contribution in [2.75, 3.05) is 18.1 Å². The minimum absolute atomic E-state index is 0.441. The molecule has 0 saturated heterocycles. The van der Waals surface area contributed by atoms with Crippen molar-refractivity contribution in [1.29, 1.82) is 0 Å². The molecule has 0 bridgehead atoms. The van der Waals surface area contributed by atoms with Gasteiger partial charge in [0.2, 0.25) is 0 Å². The molecule has 16 heavy (non-hydrogen) atoms. The molecule has 0 aromatic carbocycles. The Morgan fingerprint density at radius 3 is 2.25 bits per heavy atom. The van der Waals surface area contributed by atoms with E-state index in [1.54, 1.807) is 6.20 Å². The predicted molar refractivity (Wildman–Crippen MR) is 72.8 cm³/mol. The number of nitrogens with two attached hydrogens (primary N) is 1. The van der Waals surface area contributed by atoms with E-state index in [4.69, 9.17) is 5.73 Å². The van der Waals surface area contributed by atoms with Gasteiger partial charge < -0.3 is 11.1 Å². The Bertz CT molecular complexity index is 308. The van der Waals surface area contributed by atoms with Gasteiger partial charge in [0, 0.05) is 7.05 Å². The second-order valence-corrected chi connectivity index (χ2v) is 3.98. The molecule has 0 saturated carbocycles. The Labute approximate surface area is 99.5 Å². The van der Waals surface area contributed by atoms with Crippen LogP contribution in [0.4, 0.5) is 11.5 Å². The SMILES string of the molecule is CC.CNc1cnc(N)c(C(C)C(C)C)c1. The Kier molecular flexibility index (Phi) is 6.54. The molecule has 1 rings (SSSR count). The van der Waals surface area contributed by atoms with Gasteiger partial charge in [-0.2, -0.15) is 0 Å². The summed E-state index contributed by atoms with van der Waals surface area (Å²) in [6, 6.07) is 2.08. The number of nitrogens with one attached hydrogen (secondary N) is 1. The summed E-state index contributed by atoms with van der Waals surface area (Å²) >= 11 is 0. The summed E-state index contributed by atoms with van der Waals surface area (Å²) in [7, 11) is 1.89. The molecular weight excluding hydrogens is 198 g/mol. The molecular formula is C13H25N3. The quantitative estimate of drug-likeness (QED) is 0.824. The van der Waals surface area contributed by atoms with Gasteiger partial charge in [-0.1, -0.05) is 34.6 Å². The molecule has 0 aliphatic heterocycles. The molecule has 1 heterocycles. The Hall–Kier alpha value is -1.25. The zero-order valence-electron chi connectivity index (χ0n) is 11.3. The van der Waals surface area contributed by atoms with Crippen LogP contribution in [0.1, 0.15) is 46.1 Å². The molecule has 92 valence electrons. The smallest absolute Gasteiger partial charge is 0.126 e. The topological polar surface area (TPSA) is 50.9 Å². The van der Waals surface area contributed by atoms with Crippen LogP contribution >= 0.6 is 0 Å². The van der Waals surface area contributed by atoms with E-state index >= 15 is 0 Å². The highest BCUT2D eigenvalue weighted by Gasteiger charge is 2.14. The number of hydrogen-bond acceptors (Lipinski definition) is 3. The van der Waals surface area contributed by atoms with Crippen molar-refractivity contribution in [3.8, 4) is 0 Å². The van der Waals surface area contributed by atoms with E-state index in [9.17, 15) is 0 Å². The van der Waals surface area contributed by atoms with Gasteiger partial charge in [-0.05, 0) is 23.5 Å². The summed E-state index contributed by atoms with van der Waals surface area (Å²) < 4.78 is 0. The monoisotopic (exact) mass is 223 g/mol. The van der Waals surface area contributed by atoms with Crippen LogP contribution in [0.2, 0.25) is 0 Å². The van der Waals surface area contributed by atoms with Crippen LogP contribution in [0.15, 0.2) is 12.3 Å². The van der Waals surface area contributed by atoms with Gasteiger partial charge in [0.15, 0.2) is 0 Å². The Balaban J connectivity index is 0.00000106. The first kappa shape index (κ1) is 14.8. The summed E-state index contributed by atoms with van der Waals surface area (Å²) in [4.78, 5) is 4.17. The molecule has 0 aliphatic rings. The van der Waals surface area contributed by atoms with Crippen LogP contribution in [-0.4, -0.2) is 12.0 Å². The molecule has 0 amide bonds. The summed E-state index contributed by atoms with van der Waals surface area (Å²) in [5.41, 5.74) is 7.99. The zero-order chi connectivity index (χ0) is 12.7. The van der Waals surface area contributed by atoms with Crippen LogP contribution in [-0.2, 0) is 0 Å². The molecule has 1 atom stereocenters. The first-order valence-electron chi connectivity index (χ1n) is 5.99. The molecule has 0 spiro atoms. The highest BCUT2D eigenvalue weighted by atomic mass is 14.9. The summed E-state index contributed by atoms with van der Waals surface area (Å²) in [6.45, 7) is 10.6. The number of nitrogens with zero attached hydrogens (tertiary/aromatic N) is 1. The predicted octanol–water partition coefficient (Wildman–Crippen LogP) is 3.49. The largest absolute Gasteiger partial charge is 0.387 e. The van der Waals surface area contributed by atoms with E-state index < -0.39 is 0 Å². The van der Waals surface area contributed by atoms with E-state index in [2.05, 4.69) is 37.1 Å². The number of rotatable bonds is 3. The van der Waals surface area contributed by atoms with Crippen molar-refractivity contribution < 1.29 is 0 Å². The van der Waals surface area contributed by atoms with E-state index in [1.165, 1.54) is 0 Å². The number of aromatic nitrogens is 1. The molecule has 3 heteroatoms. The minimum atomic E-state index is 0.441. The van der Waals surface area contributed by atoms with Crippen molar-refractivity contribution in [2.45, 2.75) is 40.5 Å². The third-order valence-electron chi connectivity index (χ3n) is 2.73. The second kappa shape index (κ2) is 7.09. The molecule has 1 aromatic heterocycles. The maximum Gasteiger partial charge on any atom is 0.126 e. The van der Waals surface area contributed by atoms with Crippen LogP contribution in [0.25, 0.3) is 0 Å². The molecule has 1 unspecified atom stereocenters. The number of hydrogen-bond donors (Lipinski definition) is 2. The molecule has 0 aliphatic carbocycles. The highest BCUT2D eigenvalue weighted by Crippen LogP contribution is 2.28. The van der Waals surface area contributed by atoms with Crippen molar-refractivity contribution in [1.82, 2.24) is 4.98 Å². The van der Waals surface area contributed by atoms with E-state index in [0.29, 0.717) is 17.7 Å². The first-order chi connectivity index (χ1) is 7.56. The van der Waals surface area contributed by atoms with Gasteiger partial charge in [-0.3, -0.25) is 0 Å². The number of anilines is 2. The lowest BCUT2D eigenvalue weighted by molar-refractivity contribution is 0.535. The third kappa shape index (κ3) is 3.72. The average molecular weight is 223 g/mol. The van der Waals surface area contributed by atoms with Crippen LogP contribution < -0.4 is 11.1 Å². The zero-order valence-corrected chi connectivity index (χ0v) is 11.3. The van der Waals surface area contributed by atoms with Gasteiger partial charge >= 0.3 is 0 Å². The van der Waals surface area contributed by atoms with Crippen molar-refractivity contribution >= 4 is 11.5 Å². The van der Waals surface area contributed by atoms with E-state index in [1.807, 2.05) is 20.9 Å². The lowest BCUT2D eigenvalue weighted by Gasteiger charge is -2.18. The number of nitrogen functional groups attached to an aromatic ring is 1. The van der Waals surface area contributed by atoms with E-state index in [-0.39, 0.29) is 0 Å². The fourth-order valence-electron chi connectivity index (χ4n) is 1.35. The summed E-state index contributed by atoms with van der Waals surface area (Å²) in [5.74, 6) is 1.66. The van der Waals surface area contributed by atoms with Crippen molar-refractivity contribution in [2.24, 2.45) is 5.92 Å². The first-order valence-corrected chi connectivity index (χ1v) is 5.99. The van der Waals surface area contributed by atoms with Crippen LogP contribution in [0.5, 0.6) is 0 Å². The highest BCUT2D eigenvalue weighted by molar-refractivity contribution is 5.52. The maximum atomic E-state index is 5.84. The molecule has 3 N–H and O–H groups in total. The van der Waals surface area contributed by atoms with E-state index in [0.717, 1.165) is 11.3 Å². The Morgan fingerprint density at radius 1 is 1.25 bits per heavy atom. The van der Waals surface area contributed by atoms with Crippen LogP contribution in [0, 0.1) is 5.92 Å². The summed E-state index contributed by atoms with van der Waals surface area (Å²) in [6.07, 6.45) is 1.76. The normalized spacial score (nSPS) is 11.7. The summed E-state index contributed by atoms with van der Waals surface area (Å²) in [5, 5.41) is 3.07. The molecule has 3 nitrogen and oxygen atoms in total. The van der Waals surface area contributed by atoms with Gasteiger partial charge in [0.1, 0.15) is 5.82 Å². The molecule has 0 radical (unpaired) electrons. The fraction of sp³-hybridized carbons (Fsp3) is 0.615.